The quantitative estimate of drug-likeness (QED) is 0.163. The molecule has 1 atom stereocenters. The van der Waals surface area contributed by atoms with Crippen molar-refractivity contribution >= 4 is 38.0 Å². The van der Waals surface area contributed by atoms with Crippen LogP contribution in [0.2, 0.25) is 0 Å². The Morgan fingerprint density at radius 2 is 0.877 bits per heavy atom. The van der Waals surface area contributed by atoms with Crippen LogP contribution in [0.3, 0.4) is 0 Å². The van der Waals surface area contributed by atoms with Gasteiger partial charge in [-0.3, -0.25) is 9.20 Å². The number of aromatic nitrogens is 1. The number of hydrogen-bond donors (Lipinski definition) is 0. The van der Waals surface area contributed by atoms with Crippen LogP contribution in [0.4, 0.5) is 0 Å². The van der Waals surface area contributed by atoms with Gasteiger partial charge in [-0.1, -0.05) is 194 Å². The molecule has 300 valence electrons. The lowest BCUT2D eigenvalue weighted by atomic mass is 9.70. The molecule has 0 bridgehead atoms. The smallest absolute Gasteiger partial charge is 0.263 e. The summed E-state index contributed by atoms with van der Waals surface area (Å²) in [4.78, 5) is 15.1. The maximum absolute atomic E-state index is 15.1. The van der Waals surface area contributed by atoms with Crippen molar-refractivity contribution in [2.45, 2.75) is 11.3 Å². The maximum atomic E-state index is 15.1. The molecule has 1 unspecified atom stereocenters. The molecular formula is C63H37NO. The summed E-state index contributed by atoms with van der Waals surface area (Å²) in [6.45, 7) is 0. The van der Waals surface area contributed by atoms with Gasteiger partial charge in [0.05, 0.1) is 16.4 Å². The predicted octanol–water partition coefficient (Wildman–Crippen LogP) is 15.0. The van der Waals surface area contributed by atoms with Gasteiger partial charge in [-0.15, -0.1) is 0 Å². The van der Waals surface area contributed by atoms with Crippen molar-refractivity contribution < 1.29 is 0 Å². The van der Waals surface area contributed by atoms with Crippen molar-refractivity contribution in [3.05, 3.63) is 268 Å². The highest BCUT2D eigenvalue weighted by atomic mass is 16.1. The van der Waals surface area contributed by atoms with Gasteiger partial charge in [0.1, 0.15) is 0 Å². The van der Waals surface area contributed by atoms with Gasteiger partial charge >= 0.3 is 0 Å². The molecule has 65 heavy (non-hydrogen) atoms. The standard InChI is InChI=1S/C63H37NO/c65-62-49-21-7-5-17-43(49)52-35-41(38-28-26-37(27-29-38)40-30-31-47-51(34-40)42-16-4-6-20-46(42)58(47)39-14-2-1-3-15-39)36-53-48-32-33-57-59(61(48)64(62)60(52)53)50-22-10-13-25-56(50)63(57)54-23-11-8-18-44(54)45-19-9-12-24-55(45)63/h1-36,58H. The normalized spacial score (nSPS) is 14.8. The largest absolute Gasteiger partial charge is 0.274 e. The molecule has 0 saturated heterocycles. The summed E-state index contributed by atoms with van der Waals surface area (Å²) in [5.41, 5.74) is 22.8. The summed E-state index contributed by atoms with van der Waals surface area (Å²) in [6.07, 6.45) is 0. The van der Waals surface area contributed by atoms with Crippen LogP contribution in [-0.2, 0) is 5.41 Å². The number of benzene rings is 10. The van der Waals surface area contributed by atoms with E-state index in [2.05, 4.69) is 211 Å². The average Bonchev–Trinajstić information content (AvgIpc) is 4.08. The fraction of sp³-hybridized carbons (Fsp3) is 0.0317. The van der Waals surface area contributed by atoms with Gasteiger partial charge in [0.25, 0.3) is 5.56 Å². The van der Waals surface area contributed by atoms with Gasteiger partial charge in [0, 0.05) is 33.0 Å². The lowest BCUT2D eigenvalue weighted by Gasteiger charge is -2.30. The Hall–Kier alpha value is -8.33. The number of fused-ring (bicyclic) bond motifs is 19. The molecule has 0 fully saturated rings. The van der Waals surface area contributed by atoms with Gasteiger partial charge in [-0.2, -0.15) is 0 Å². The van der Waals surface area contributed by atoms with E-state index in [1.807, 2.05) is 12.1 Å². The lowest BCUT2D eigenvalue weighted by molar-refractivity contribution is 0.794. The zero-order valence-corrected chi connectivity index (χ0v) is 35.2. The first-order valence-corrected chi connectivity index (χ1v) is 22.7. The Bertz CT molecular complexity index is 4040. The fourth-order valence-corrected chi connectivity index (χ4v) is 12.6. The molecule has 2 nitrogen and oxygen atoms in total. The summed E-state index contributed by atoms with van der Waals surface area (Å²) >= 11 is 0. The van der Waals surface area contributed by atoms with Crippen molar-refractivity contribution in [1.82, 2.24) is 4.40 Å². The molecule has 15 rings (SSSR count). The van der Waals surface area contributed by atoms with Crippen LogP contribution in [-0.4, -0.2) is 4.40 Å². The van der Waals surface area contributed by atoms with Crippen molar-refractivity contribution in [2.75, 3.05) is 0 Å². The van der Waals surface area contributed by atoms with Crippen LogP contribution in [0.25, 0.3) is 93.6 Å². The minimum atomic E-state index is -0.499. The SMILES string of the molecule is O=c1c2ccccc2c2cc(-c3ccc(-c4ccc5c(c4)-c4ccccc4C5c4ccccc4)cc3)cc3c4ccc5c(c4n1c23)-c1ccccc1C51c2ccccc2-c2ccccc21. The van der Waals surface area contributed by atoms with E-state index >= 15 is 4.79 Å². The second-order valence-corrected chi connectivity index (χ2v) is 18.2. The number of rotatable bonds is 3. The van der Waals surface area contributed by atoms with E-state index in [-0.39, 0.29) is 11.5 Å². The summed E-state index contributed by atoms with van der Waals surface area (Å²) in [5.74, 6) is 0.231. The average molecular weight is 824 g/mol. The molecule has 2 heteroatoms. The molecule has 1 spiro atoms. The van der Waals surface area contributed by atoms with Crippen LogP contribution in [0.15, 0.2) is 223 Å². The molecule has 3 aliphatic carbocycles. The Morgan fingerprint density at radius 1 is 0.338 bits per heavy atom. The van der Waals surface area contributed by atoms with E-state index in [1.165, 1.54) is 77.9 Å². The van der Waals surface area contributed by atoms with E-state index in [4.69, 9.17) is 0 Å². The molecule has 12 aromatic rings. The Kier molecular flexibility index (Phi) is 6.85. The van der Waals surface area contributed by atoms with E-state index in [9.17, 15) is 0 Å². The van der Waals surface area contributed by atoms with Crippen LogP contribution < -0.4 is 5.56 Å². The Labute approximate surface area is 375 Å². The predicted molar refractivity (Wildman–Crippen MR) is 267 cm³/mol. The fourth-order valence-electron chi connectivity index (χ4n) is 12.6. The monoisotopic (exact) mass is 823 g/mol. The van der Waals surface area contributed by atoms with Crippen LogP contribution in [0, 0.1) is 0 Å². The summed E-state index contributed by atoms with van der Waals surface area (Å²) in [7, 11) is 0. The molecule has 0 N–H and O–H groups in total. The molecule has 0 saturated carbocycles. The molecule has 10 aromatic carbocycles. The zero-order chi connectivity index (χ0) is 42.5. The van der Waals surface area contributed by atoms with Crippen LogP contribution >= 0.6 is 0 Å². The van der Waals surface area contributed by atoms with E-state index in [1.54, 1.807) is 0 Å². The molecule has 0 radical (unpaired) electrons. The Morgan fingerprint density at radius 3 is 1.60 bits per heavy atom. The lowest BCUT2D eigenvalue weighted by Crippen LogP contribution is -2.25. The van der Waals surface area contributed by atoms with E-state index < -0.39 is 5.41 Å². The molecular weight excluding hydrogens is 787 g/mol. The highest BCUT2D eigenvalue weighted by Gasteiger charge is 2.52. The summed E-state index contributed by atoms with van der Waals surface area (Å²) < 4.78 is 2.06. The Balaban J connectivity index is 0.937. The van der Waals surface area contributed by atoms with Crippen molar-refractivity contribution in [2.24, 2.45) is 0 Å². The third-order valence-electron chi connectivity index (χ3n) is 15.2. The number of nitrogens with zero attached hydrogens (tertiary/aromatic N) is 1. The highest BCUT2D eigenvalue weighted by molar-refractivity contribution is 6.24. The van der Waals surface area contributed by atoms with Gasteiger partial charge < -0.3 is 0 Å². The maximum Gasteiger partial charge on any atom is 0.263 e. The first-order valence-electron chi connectivity index (χ1n) is 22.7. The van der Waals surface area contributed by atoms with Crippen molar-refractivity contribution in [3.8, 4) is 55.6 Å². The number of hydrogen-bond acceptors (Lipinski definition) is 1. The van der Waals surface area contributed by atoms with Gasteiger partial charge in [0.15, 0.2) is 0 Å². The summed E-state index contributed by atoms with van der Waals surface area (Å²) in [5, 5.41) is 4.99. The first-order chi connectivity index (χ1) is 32.2. The third-order valence-corrected chi connectivity index (χ3v) is 15.2. The van der Waals surface area contributed by atoms with Gasteiger partial charge in [-0.05, 0) is 119 Å². The van der Waals surface area contributed by atoms with Gasteiger partial charge in [0.2, 0.25) is 0 Å². The van der Waals surface area contributed by atoms with E-state index in [0.29, 0.717) is 0 Å². The van der Waals surface area contributed by atoms with Gasteiger partial charge in [-0.25, -0.2) is 0 Å². The molecule has 3 aliphatic rings. The van der Waals surface area contributed by atoms with Crippen LogP contribution in [0.1, 0.15) is 44.9 Å². The minimum absolute atomic E-state index is 0.0244. The number of pyridine rings is 1. The summed E-state index contributed by atoms with van der Waals surface area (Å²) in [6, 6.07) is 80.0. The van der Waals surface area contributed by atoms with E-state index in [0.717, 1.165) is 54.7 Å². The zero-order valence-electron chi connectivity index (χ0n) is 35.2. The molecule has 0 amide bonds. The minimum Gasteiger partial charge on any atom is -0.274 e. The van der Waals surface area contributed by atoms with Crippen molar-refractivity contribution in [1.29, 1.82) is 0 Å². The molecule has 2 aromatic heterocycles. The van der Waals surface area contributed by atoms with Crippen molar-refractivity contribution in [3.63, 3.8) is 0 Å². The van der Waals surface area contributed by atoms with Crippen LogP contribution in [0.5, 0.6) is 0 Å². The molecule has 2 heterocycles. The second kappa shape index (κ2) is 12.7. The molecule has 0 aliphatic heterocycles. The highest BCUT2D eigenvalue weighted by Crippen LogP contribution is 2.64. The first kappa shape index (κ1) is 35.2. The third kappa shape index (κ3) is 4.41. The second-order valence-electron chi connectivity index (χ2n) is 18.2. The topological polar surface area (TPSA) is 21.5 Å².